The van der Waals surface area contributed by atoms with Crippen LogP contribution >= 0.6 is 12.6 Å². The monoisotopic (exact) mass is 229 g/mol. The smallest absolute Gasteiger partial charge is 0.213 e. The number of hydrogen-bond donors (Lipinski definition) is 1. The Morgan fingerprint density at radius 1 is 1.31 bits per heavy atom. The van der Waals surface area contributed by atoms with Crippen LogP contribution in [0.4, 0.5) is 0 Å². The van der Waals surface area contributed by atoms with Crippen molar-refractivity contribution < 1.29 is 4.74 Å². The second kappa shape index (κ2) is 4.91. The summed E-state index contributed by atoms with van der Waals surface area (Å²) in [5.74, 6) is 7.15. The zero-order valence-electron chi connectivity index (χ0n) is 8.90. The number of nitrogens with zero attached hydrogens (tertiary/aromatic N) is 1. The van der Waals surface area contributed by atoms with Gasteiger partial charge in [-0.2, -0.15) is 12.6 Å². The molecule has 0 atom stereocenters. The van der Waals surface area contributed by atoms with Crippen LogP contribution in [0, 0.1) is 11.8 Å². The van der Waals surface area contributed by atoms with Crippen LogP contribution in [-0.4, -0.2) is 17.8 Å². The minimum Gasteiger partial charge on any atom is -0.481 e. The predicted octanol–water partition coefficient (Wildman–Crippen LogP) is 2.52. The van der Waals surface area contributed by atoms with E-state index in [0.29, 0.717) is 11.6 Å². The molecule has 2 rings (SSSR count). The van der Waals surface area contributed by atoms with Crippen molar-refractivity contribution in [2.24, 2.45) is 0 Å². The molecule has 0 bridgehead atoms. The van der Waals surface area contributed by atoms with Crippen LogP contribution in [0.3, 0.4) is 0 Å². The van der Waals surface area contributed by atoms with Crippen molar-refractivity contribution >= 4 is 23.5 Å². The molecule has 0 aliphatic heterocycles. The van der Waals surface area contributed by atoms with Gasteiger partial charge in [-0.3, -0.25) is 0 Å². The van der Waals surface area contributed by atoms with E-state index in [1.165, 1.54) is 0 Å². The number of benzene rings is 1. The van der Waals surface area contributed by atoms with E-state index in [2.05, 4.69) is 29.5 Å². The Labute approximate surface area is 100 Å². The molecule has 2 nitrogen and oxygen atoms in total. The van der Waals surface area contributed by atoms with Crippen molar-refractivity contribution in [3.63, 3.8) is 0 Å². The lowest BCUT2D eigenvalue weighted by atomic mass is 10.1. The summed E-state index contributed by atoms with van der Waals surface area (Å²) in [6.45, 7) is 0. The quantitative estimate of drug-likeness (QED) is 0.599. The van der Waals surface area contributed by atoms with E-state index < -0.39 is 0 Å². The topological polar surface area (TPSA) is 22.1 Å². The zero-order chi connectivity index (χ0) is 11.4. The van der Waals surface area contributed by atoms with Gasteiger partial charge in [0.1, 0.15) is 0 Å². The van der Waals surface area contributed by atoms with Gasteiger partial charge in [0.25, 0.3) is 0 Å². The Morgan fingerprint density at radius 2 is 2.19 bits per heavy atom. The summed E-state index contributed by atoms with van der Waals surface area (Å²) in [5.41, 5.74) is 1.89. The van der Waals surface area contributed by atoms with Crippen molar-refractivity contribution in [1.82, 2.24) is 4.98 Å². The molecule has 80 valence electrons. The van der Waals surface area contributed by atoms with E-state index in [1.807, 2.05) is 30.3 Å². The molecular formula is C13H11NOS. The van der Waals surface area contributed by atoms with Crippen molar-refractivity contribution in [2.45, 2.75) is 0 Å². The number of rotatable bonds is 1. The summed E-state index contributed by atoms with van der Waals surface area (Å²) < 4.78 is 5.07. The third-order valence-corrected chi connectivity index (χ3v) is 2.34. The summed E-state index contributed by atoms with van der Waals surface area (Å²) in [6.07, 6.45) is 0. The van der Waals surface area contributed by atoms with Gasteiger partial charge >= 0.3 is 0 Å². The van der Waals surface area contributed by atoms with Crippen LogP contribution in [0.5, 0.6) is 5.88 Å². The van der Waals surface area contributed by atoms with Crippen LogP contribution in [0.1, 0.15) is 5.56 Å². The van der Waals surface area contributed by atoms with E-state index in [0.717, 1.165) is 16.5 Å². The fourth-order valence-electron chi connectivity index (χ4n) is 1.44. The van der Waals surface area contributed by atoms with Gasteiger partial charge in [0.2, 0.25) is 5.88 Å². The van der Waals surface area contributed by atoms with Gasteiger partial charge in [0.05, 0.1) is 18.4 Å². The van der Waals surface area contributed by atoms with Gasteiger partial charge in [0.15, 0.2) is 0 Å². The standard InChI is InChI=1S/C13H11NOS/c1-15-13-7-5-11-9-10(3-2-8-16)4-6-12(11)14-13/h4-7,9,16H,8H2,1H3. The number of methoxy groups -OCH3 is 1. The first-order valence-electron chi connectivity index (χ1n) is 4.88. The van der Waals surface area contributed by atoms with Crippen LogP contribution < -0.4 is 4.74 Å². The van der Waals surface area contributed by atoms with Crippen LogP contribution in [-0.2, 0) is 0 Å². The summed E-state index contributed by atoms with van der Waals surface area (Å²) in [7, 11) is 1.61. The molecule has 0 saturated carbocycles. The molecule has 1 aromatic carbocycles. The highest BCUT2D eigenvalue weighted by Crippen LogP contribution is 2.17. The first-order chi connectivity index (χ1) is 7.83. The number of hydrogen-bond acceptors (Lipinski definition) is 3. The molecule has 1 heterocycles. The van der Waals surface area contributed by atoms with Gasteiger partial charge in [-0.05, 0) is 24.3 Å². The van der Waals surface area contributed by atoms with Gasteiger partial charge in [-0.15, -0.1) is 0 Å². The normalized spacial score (nSPS) is 9.62. The maximum Gasteiger partial charge on any atom is 0.213 e. The second-order valence-corrected chi connectivity index (χ2v) is 3.54. The Morgan fingerprint density at radius 3 is 2.94 bits per heavy atom. The molecular weight excluding hydrogens is 218 g/mol. The molecule has 0 aliphatic rings. The van der Waals surface area contributed by atoms with E-state index in [1.54, 1.807) is 7.11 Å². The zero-order valence-corrected chi connectivity index (χ0v) is 9.79. The Hall–Kier alpha value is -1.66. The predicted molar refractivity (Wildman–Crippen MR) is 69.0 cm³/mol. The third kappa shape index (κ3) is 2.29. The molecule has 0 N–H and O–H groups in total. The fourth-order valence-corrected chi connectivity index (χ4v) is 1.52. The van der Waals surface area contributed by atoms with Crippen molar-refractivity contribution in [2.75, 3.05) is 12.9 Å². The summed E-state index contributed by atoms with van der Waals surface area (Å²) in [5, 5.41) is 1.06. The maximum atomic E-state index is 5.07. The number of thiol groups is 1. The molecule has 16 heavy (non-hydrogen) atoms. The average molecular weight is 229 g/mol. The van der Waals surface area contributed by atoms with Crippen LogP contribution in [0.2, 0.25) is 0 Å². The molecule has 0 unspecified atom stereocenters. The second-order valence-electron chi connectivity index (χ2n) is 3.22. The highest BCUT2D eigenvalue weighted by atomic mass is 32.1. The SMILES string of the molecule is COc1ccc2cc(C#CCS)ccc2n1. The molecule has 0 spiro atoms. The molecule has 3 heteroatoms. The number of aromatic nitrogens is 1. The number of pyridine rings is 1. The van der Waals surface area contributed by atoms with Gasteiger partial charge in [0, 0.05) is 17.0 Å². The number of ether oxygens (including phenoxy) is 1. The van der Waals surface area contributed by atoms with Crippen molar-refractivity contribution in [3.05, 3.63) is 35.9 Å². The lowest BCUT2D eigenvalue weighted by molar-refractivity contribution is 0.399. The molecule has 0 fully saturated rings. The van der Waals surface area contributed by atoms with Crippen molar-refractivity contribution in [1.29, 1.82) is 0 Å². The van der Waals surface area contributed by atoms with Crippen LogP contribution in [0.15, 0.2) is 30.3 Å². The molecule has 0 aliphatic carbocycles. The summed E-state index contributed by atoms with van der Waals surface area (Å²) in [6, 6.07) is 9.73. The first kappa shape index (κ1) is 10.8. The van der Waals surface area contributed by atoms with E-state index >= 15 is 0 Å². The highest BCUT2D eigenvalue weighted by Gasteiger charge is 1.98. The summed E-state index contributed by atoms with van der Waals surface area (Å²) >= 11 is 4.05. The molecule has 1 aromatic heterocycles. The maximum absolute atomic E-state index is 5.07. The van der Waals surface area contributed by atoms with E-state index in [-0.39, 0.29) is 0 Å². The Bertz CT molecular complexity index is 569. The van der Waals surface area contributed by atoms with Gasteiger partial charge < -0.3 is 4.74 Å². The number of fused-ring (bicyclic) bond motifs is 1. The fraction of sp³-hybridized carbons (Fsp3) is 0.154. The molecule has 2 aromatic rings. The lowest BCUT2D eigenvalue weighted by Crippen LogP contribution is -1.88. The Balaban J connectivity index is 2.47. The summed E-state index contributed by atoms with van der Waals surface area (Å²) in [4.78, 5) is 4.33. The highest BCUT2D eigenvalue weighted by molar-refractivity contribution is 7.80. The first-order valence-corrected chi connectivity index (χ1v) is 5.51. The molecule has 0 amide bonds. The third-order valence-electron chi connectivity index (χ3n) is 2.18. The largest absolute Gasteiger partial charge is 0.481 e. The van der Waals surface area contributed by atoms with Crippen LogP contribution in [0.25, 0.3) is 10.9 Å². The average Bonchev–Trinajstić information content (AvgIpc) is 2.35. The Kier molecular flexibility index (Phi) is 3.33. The van der Waals surface area contributed by atoms with E-state index in [9.17, 15) is 0 Å². The lowest BCUT2D eigenvalue weighted by Gasteiger charge is -2.01. The molecule has 0 radical (unpaired) electrons. The van der Waals surface area contributed by atoms with E-state index in [4.69, 9.17) is 4.74 Å². The van der Waals surface area contributed by atoms with Gasteiger partial charge in [-0.1, -0.05) is 11.8 Å². The van der Waals surface area contributed by atoms with Crippen molar-refractivity contribution in [3.8, 4) is 17.7 Å². The minimum atomic E-state index is 0.568. The van der Waals surface area contributed by atoms with Gasteiger partial charge in [-0.25, -0.2) is 4.98 Å². The molecule has 0 saturated heterocycles. The minimum absolute atomic E-state index is 0.568.